The zero-order valence-corrected chi connectivity index (χ0v) is 54.0. The maximum atomic E-state index is 12.9. The van der Waals surface area contributed by atoms with Crippen LogP contribution in [0.5, 0.6) is 0 Å². The summed E-state index contributed by atoms with van der Waals surface area (Å²) >= 11 is 0. The second-order valence-electron chi connectivity index (χ2n) is 23.1. The molecule has 6 nitrogen and oxygen atoms in total. The molecular formula is C76H130O6. The molecule has 0 aromatic heterocycles. The van der Waals surface area contributed by atoms with Crippen LogP contribution in [0.25, 0.3) is 0 Å². The summed E-state index contributed by atoms with van der Waals surface area (Å²) in [6.07, 6.45) is 95.8. The van der Waals surface area contributed by atoms with Crippen molar-refractivity contribution in [2.75, 3.05) is 13.2 Å². The first kappa shape index (κ1) is 78.1. The van der Waals surface area contributed by atoms with Crippen LogP contribution >= 0.6 is 0 Å². The number of unbranched alkanes of at least 4 members (excludes halogenated alkanes) is 34. The van der Waals surface area contributed by atoms with E-state index in [9.17, 15) is 14.4 Å². The fourth-order valence-corrected chi connectivity index (χ4v) is 9.81. The molecular weight excluding hydrogens is 1010 g/mol. The van der Waals surface area contributed by atoms with Gasteiger partial charge in [0.15, 0.2) is 6.10 Å². The minimum atomic E-state index is -0.787. The van der Waals surface area contributed by atoms with E-state index in [2.05, 4.69) is 130 Å². The Morgan fingerprint density at radius 2 is 0.476 bits per heavy atom. The van der Waals surface area contributed by atoms with Crippen LogP contribution in [-0.2, 0) is 28.6 Å². The first-order valence-corrected chi connectivity index (χ1v) is 34.9. The van der Waals surface area contributed by atoms with E-state index in [4.69, 9.17) is 14.2 Å². The van der Waals surface area contributed by atoms with Gasteiger partial charge in [-0.05, 0) is 109 Å². The maximum Gasteiger partial charge on any atom is 0.306 e. The summed E-state index contributed by atoms with van der Waals surface area (Å²) in [5, 5.41) is 0. The second-order valence-corrected chi connectivity index (χ2v) is 23.1. The summed E-state index contributed by atoms with van der Waals surface area (Å²) in [6.45, 7) is 6.47. The summed E-state index contributed by atoms with van der Waals surface area (Å²) < 4.78 is 16.8. The van der Waals surface area contributed by atoms with Gasteiger partial charge in [0.2, 0.25) is 0 Å². The predicted molar refractivity (Wildman–Crippen MR) is 357 cm³/mol. The van der Waals surface area contributed by atoms with Crippen molar-refractivity contribution < 1.29 is 28.6 Å². The van der Waals surface area contributed by atoms with Crippen LogP contribution in [-0.4, -0.2) is 37.2 Å². The molecule has 0 radical (unpaired) electrons. The van der Waals surface area contributed by atoms with Gasteiger partial charge in [0.1, 0.15) is 13.2 Å². The van der Waals surface area contributed by atoms with Crippen LogP contribution in [0.15, 0.2) is 109 Å². The third kappa shape index (κ3) is 66.9. The monoisotopic (exact) mass is 1140 g/mol. The largest absolute Gasteiger partial charge is 0.462 e. The minimum absolute atomic E-state index is 0.0840. The van der Waals surface area contributed by atoms with Gasteiger partial charge < -0.3 is 14.2 Å². The Morgan fingerprint density at radius 1 is 0.256 bits per heavy atom. The van der Waals surface area contributed by atoms with Crippen molar-refractivity contribution in [1.82, 2.24) is 0 Å². The molecule has 0 saturated heterocycles. The fraction of sp³-hybridized carbons (Fsp3) is 0.724. The van der Waals surface area contributed by atoms with Crippen molar-refractivity contribution in [1.29, 1.82) is 0 Å². The zero-order chi connectivity index (χ0) is 59.2. The quantitative estimate of drug-likeness (QED) is 0.0261. The molecule has 0 aromatic carbocycles. The molecule has 0 heterocycles. The summed E-state index contributed by atoms with van der Waals surface area (Å²) in [6, 6.07) is 0. The first-order chi connectivity index (χ1) is 40.5. The Balaban J connectivity index is 4.07. The summed E-state index contributed by atoms with van der Waals surface area (Å²) in [7, 11) is 0. The molecule has 1 unspecified atom stereocenters. The average molecular weight is 1140 g/mol. The van der Waals surface area contributed by atoms with Crippen molar-refractivity contribution in [2.45, 2.75) is 341 Å². The van der Waals surface area contributed by atoms with Gasteiger partial charge in [0.05, 0.1) is 0 Å². The van der Waals surface area contributed by atoms with Gasteiger partial charge in [0.25, 0.3) is 0 Å². The molecule has 0 fully saturated rings. The number of esters is 3. The van der Waals surface area contributed by atoms with Crippen LogP contribution < -0.4 is 0 Å². The van der Waals surface area contributed by atoms with E-state index in [1.165, 1.54) is 167 Å². The first-order valence-electron chi connectivity index (χ1n) is 34.9. The Morgan fingerprint density at radius 3 is 0.744 bits per heavy atom. The number of carbonyl (C=O) groups excluding carboxylic acids is 3. The topological polar surface area (TPSA) is 78.9 Å². The number of hydrogen-bond donors (Lipinski definition) is 0. The third-order valence-electron chi connectivity index (χ3n) is 15.0. The fourth-order valence-electron chi connectivity index (χ4n) is 9.81. The molecule has 82 heavy (non-hydrogen) atoms. The third-order valence-corrected chi connectivity index (χ3v) is 15.0. The summed E-state index contributed by atoms with van der Waals surface area (Å²) in [5.41, 5.74) is 0. The number of rotatable bonds is 63. The van der Waals surface area contributed by atoms with Crippen molar-refractivity contribution in [3.05, 3.63) is 109 Å². The van der Waals surface area contributed by atoms with Crippen LogP contribution in [0.2, 0.25) is 0 Å². The van der Waals surface area contributed by atoms with E-state index in [0.717, 1.165) is 128 Å². The Labute approximate surface area is 508 Å². The van der Waals surface area contributed by atoms with E-state index in [0.29, 0.717) is 19.3 Å². The summed E-state index contributed by atoms with van der Waals surface area (Å²) in [4.78, 5) is 38.1. The molecule has 1 atom stereocenters. The lowest BCUT2D eigenvalue weighted by Gasteiger charge is -2.18. The number of allylic oxidation sites excluding steroid dienone is 18. The molecule has 0 spiro atoms. The highest BCUT2D eigenvalue weighted by Crippen LogP contribution is 2.17. The van der Waals surface area contributed by atoms with Crippen LogP contribution in [0.1, 0.15) is 335 Å². The zero-order valence-electron chi connectivity index (χ0n) is 54.0. The molecule has 0 amide bonds. The highest BCUT2D eigenvalue weighted by Gasteiger charge is 2.19. The van der Waals surface area contributed by atoms with Gasteiger partial charge >= 0.3 is 17.9 Å². The SMILES string of the molecule is CC/C=C\C/C=C\C/C=C\C/C=C\C/C=C\C/C=C\C/C=C\CCCCCCCC(=O)OC(COC(=O)CCCCCCCC)COC(=O)CCCCCCCCCCCCCCCCCCCCC/C=C\C/C=C\CCCCCCC. The molecule has 0 aliphatic carbocycles. The van der Waals surface area contributed by atoms with Crippen LogP contribution in [0.4, 0.5) is 0 Å². The molecule has 0 saturated carbocycles. The van der Waals surface area contributed by atoms with Gasteiger partial charge in [-0.2, -0.15) is 0 Å². The standard InChI is InChI=1S/C76H130O6/c1-4-7-10-13-16-18-20-22-24-26-28-30-32-34-36-37-38-39-41-42-44-46-48-50-52-54-56-58-60-63-66-69-75(78)81-72-73(71-80-74(77)68-65-62-15-12-9-6-3)82-76(79)70-67-64-61-59-57-55-53-51-49-47-45-43-40-35-33-31-29-27-25-23-21-19-17-14-11-8-5-2/h8,11,17,19-20,22-23,25-26,28-29,31,35,40,45,47,51,53,73H,4-7,9-10,12-16,18,21,24,27,30,32-34,36-39,41-44,46,48-50,52,54-72H2,1-3H3/b11-8-,19-17-,22-20-,25-23-,28-26-,31-29-,40-35-,47-45-,53-51-. The van der Waals surface area contributed by atoms with Crippen molar-refractivity contribution in [3.63, 3.8) is 0 Å². The Hall–Kier alpha value is -3.93. The number of hydrogen-bond acceptors (Lipinski definition) is 6. The predicted octanol–water partition coefficient (Wildman–Crippen LogP) is 24.2. The van der Waals surface area contributed by atoms with Gasteiger partial charge in [0, 0.05) is 19.3 Å². The lowest BCUT2D eigenvalue weighted by molar-refractivity contribution is -0.167. The van der Waals surface area contributed by atoms with Gasteiger partial charge in [-0.3, -0.25) is 14.4 Å². The normalized spacial score (nSPS) is 12.8. The number of ether oxygens (including phenoxy) is 3. The van der Waals surface area contributed by atoms with Crippen molar-refractivity contribution in [3.8, 4) is 0 Å². The molecule has 0 aliphatic rings. The smallest absolute Gasteiger partial charge is 0.306 e. The van der Waals surface area contributed by atoms with Crippen LogP contribution in [0, 0.1) is 0 Å². The van der Waals surface area contributed by atoms with Crippen LogP contribution in [0.3, 0.4) is 0 Å². The summed E-state index contributed by atoms with van der Waals surface area (Å²) in [5.74, 6) is -0.903. The molecule has 0 rings (SSSR count). The van der Waals surface area contributed by atoms with Crippen molar-refractivity contribution >= 4 is 17.9 Å². The highest BCUT2D eigenvalue weighted by molar-refractivity contribution is 5.71. The highest BCUT2D eigenvalue weighted by atomic mass is 16.6. The maximum absolute atomic E-state index is 12.9. The minimum Gasteiger partial charge on any atom is -0.462 e. The molecule has 470 valence electrons. The molecule has 0 aliphatic heterocycles. The lowest BCUT2D eigenvalue weighted by atomic mass is 10.0. The van der Waals surface area contributed by atoms with E-state index in [1.54, 1.807) is 0 Å². The van der Waals surface area contributed by atoms with Crippen molar-refractivity contribution in [2.24, 2.45) is 0 Å². The molecule has 6 heteroatoms. The lowest BCUT2D eigenvalue weighted by Crippen LogP contribution is -2.30. The van der Waals surface area contributed by atoms with Gasteiger partial charge in [-0.1, -0.05) is 316 Å². The van der Waals surface area contributed by atoms with E-state index < -0.39 is 6.10 Å². The molecule has 0 N–H and O–H groups in total. The Kier molecular flexibility index (Phi) is 66.2. The molecule has 0 aromatic rings. The second kappa shape index (κ2) is 69.6. The van der Waals surface area contributed by atoms with E-state index in [-0.39, 0.29) is 31.1 Å². The average Bonchev–Trinajstić information content (AvgIpc) is 3.47. The van der Waals surface area contributed by atoms with Gasteiger partial charge in [-0.15, -0.1) is 0 Å². The number of carbonyl (C=O) groups is 3. The van der Waals surface area contributed by atoms with Gasteiger partial charge in [-0.25, -0.2) is 0 Å². The van der Waals surface area contributed by atoms with E-state index >= 15 is 0 Å². The van der Waals surface area contributed by atoms with E-state index in [1.807, 2.05) is 0 Å². The molecule has 0 bridgehead atoms. The Bertz CT molecular complexity index is 1640.